The maximum absolute atomic E-state index is 14.2. The van der Waals surface area contributed by atoms with E-state index in [0.29, 0.717) is 34.5 Å². The number of primary amides is 1. The molecular weight excluding hydrogens is 475 g/mol. The molecule has 0 saturated carbocycles. The highest BCUT2D eigenvalue weighted by Gasteiger charge is 2.41. The van der Waals surface area contributed by atoms with Gasteiger partial charge in [0.2, 0.25) is 5.88 Å². The van der Waals surface area contributed by atoms with Crippen LogP contribution in [0.5, 0.6) is 11.6 Å². The zero-order valence-corrected chi connectivity index (χ0v) is 21.8. The van der Waals surface area contributed by atoms with Crippen molar-refractivity contribution in [1.82, 2.24) is 15.2 Å². The average molecular weight is 511 g/mol. The Morgan fingerprint density at radius 1 is 1.30 bits per heavy atom. The van der Waals surface area contributed by atoms with Gasteiger partial charge in [-0.15, -0.1) is 0 Å². The smallest absolute Gasteiger partial charge is 0.255 e. The van der Waals surface area contributed by atoms with Crippen LogP contribution in [0.15, 0.2) is 18.3 Å². The van der Waals surface area contributed by atoms with Crippen molar-refractivity contribution in [3.63, 3.8) is 0 Å². The van der Waals surface area contributed by atoms with E-state index in [2.05, 4.69) is 40.9 Å². The SMILES string of the molecule is CC[C@@H]1[C@H](F)C(=O)N[C@@H]1COc1ncc(C#CC2CCN(C(C)C)CC2)c2cc(C(N)=O)c(OC)cc12. The van der Waals surface area contributed by atoms with E-state index in [0.717, 1.165) is 25.9 Å². The third-order valence-corrected chi connectivity index (χ3v) is 7.45. The Labute approximate surface area is 217 Å². The number of pyridine rings is 1. The molecule has 3 N–H and O–H groups in total. The van der Waals surface area contributed by atoms with Gasteiger partial charge in [0.1, 0.15) is 12.4 Å². The molecule has 0 spiro atoms. The fraction of sp³-hybridized carbons (Fsp3) is 0.536. The summed E-state index contributed by atoms with van der Waals surface area (Å²) >= 11 is 0. The Balaban J connectivity index is 1.65. The van der Waals surface area contributed by atoms with Crippen molar-refractivity contribution >= 4 is 22.6 Å². The molecule has 2 fully saturated rings. The normalized spacial score (nSPS) is 22.5. The Kier molecular flexibility index (Phi) is 8.18. The van der Waals surface area contributed by atoms with Crippen LogP contribution in [0.4, 0.5) is 4.39 Å². The van der Waals surface area contributed by atoms with Crippen molar-refractivity contribution in [2.45, 2.75) is 58.3 Å². The number of methoxy groups -OCH3 is 1. The summed E-state index contributed by atoms with van der Waals surface area (Å²) in [5, 5.41) is 3.93. The van der Waals surface area contributed by atoms with E-state index in [1.165, 1.54) is 7.11 Å². The van der Waals surface area contributed by atoms with Crippen molar-refractivity contribution in [3.8, 4) is 23.5 Å². The van der Waals surface area contributed by atoms with Crippen molar-refractivity contribution in [1.29, 1.82) is 0 Å². The molecule has 0 unspecified atom stereocenters. The fourth-order valence-electron chi connectivity index (χ4n) is 5.15. The van der Waals surface area contributed by atoms with Gasteiger partial charge in [0.15, 0.2) is 6.17 Å². The van der Waals surface area contributed by atoms with Gasteiger partial charge in [-0.2, -0.15) is 0 Å². The first-order valence-corrected chi connectivity index (χ1v) is 12.9. The molecule has 0 bridgehead atoms. The molecule has 9 heteroatoms. The molecule has 0 aliphatic carbocycles. The number of carbonyl (C=O) groups excluding carboxylic acids is 2. The Morgan fingerprint density at radius 2 is 2.03 bits per heavy atom. The highest BCUT2D eigenvalue weighted by molar-refractivity contribution is 6.03. The van der Waals surface area contributed by atoms with Gasteiger partial charge in [-0.1, -0.05) is 18.8 Å². The van der Waals surface area contributed by atoms with E-state index in [1.807, 2.05) is 6.92 Å². The summed E-state index contributed by atoms with van der Waals surface area (Å²) in [5.41, 5.74) is 6.50. The van der Waals surface area contributed by atoms with Crippen LogP contribution in [0.3, 0.4) is 0 Å². The van der Waals surface area contributed by atoms with Crippen LogP contribution in [0, 0.1) is 23.7 Å². The highest BCUT2D eigenvalue weighted by atomic mass is 19.1. The van der Waals surface area contributed by atoms with Crippen molar-refractivity contribution in [3.05, 3.63) is 29.5 Å². The molecule has 2 aliphatic rings. The third kappa shape index (κ3) is 5.64. The fourth-order valence-corrected chi connectivity index (χ4v) is 5.15. The van der Waals surface area contributed by atoms with E-state index in [9.17, 15) is 14.0 Å². The number of nitrogens with one attached hydrogen (secondary N) is 1. The Morgan fingerprint density at radius 3 is 2.65 bits per heavy atom. The first kappa shape index (κ1) is 26.7. The number of nitrogens with two attached hydrogens (primary N) is 1. The lowest BCUT2D eigenvalue weighted by Crippen LogP contribution is -2.38. The predicted molar refractivity (Wildman–Crippen MR) is 139 cm³/mol. The van der Waals surface area contributed by atoms with E-state index in [-0.39, 0.29) is 24.0 Å². The number of benzene rings is 1. The summed E-state index contributed by atoms with van der Waals surface area (Å²) in [6.07, 6.45) is 2.57. The van der Waals surface area contributed by atoms with Crippen LogP contribution in [0.25, 0.3) is 10.8 Å². The number of nitrogens with zero attached hydrogens (tertiary/aromatic N) is 2. The van der Waals surface area contributed by atoms with E-state index in [1.54, 1.807) is 18.3 Å². The number of fused-ring (bicyclic) bond motifs is 1. The number of hydrogen-bond donors (Lipinski definition) is 2. The summed E-state index contributed by atoms with van der Waals surface area (Å²) < 4.78 is 25.6. The lowest BCUT2D eigenvalue weighted by molar-refractivity contribution is -0.123. The van der Waals surface area contributed by atoms with Crippen molar-refractivity contribution in [2.24, 2.45) is 17.6 Å². The maximum Gasteiger partial charge on any atom is 0.255 e. The molecule has 198 valence electrons. The first-order chi connectivity index (χ1) is 17.7. The van der Waals surface area contributed by atoms with E-state index in [4.69, 9.17) is 15.2 Å². The highest BCUT2D eigenvalue weighted by Crippen LogP contribution is 2.33. The number of carbonyl (C=O) groups is 2. The number of aromatic nitrogens is 1. The van der Waals surface area contributed by atoms with Gasteiger partial charge in [-0.25, -0.2) is 9.37 Å². The van der Waals surface area contributed by atoms with Gasteiger partial charge >= 0.3 is 0 Å². The van der Waals surface area contributed by atoms with Gasteiger partial charge < -0.3 is 25.4 Å². The average Bonchev–Trinajstić information content (AvgIpc) is 3.17. The molecule has 2 amide bonds. The minimum absolute atomic E-state index is 0.0616. The largest absolute Gasteiger partial charge is 0.496 e. The molecule has 37 heavy (non-hydrogen) atoms. The number of hydrogen-bond acceptors (Lipinski definition) is 6. The van der Waals surface area contributed by atoms with Gasteiger partial charge in [0.05, 0.1) is 24.3 Å². The van der Waals surface area contributed by atoms with E-state index >= 15 is 0 Å². The van der Waals surface area contributed by atoms with Crippen LogP contribution in [-0.4, -0.2) is 66.8 Å². The number of amides is 2. The summed E-state index contributed by atoms with van der Waals surface area (Å²) in [5.74, 6) is 5.81. The summed E-state index contributed by atoms with van der Waals surface area (Å²) in [4.78, 5) is 30.9. The molecule has 0 radical (unpaired) electrons. The molecule has 2 saturated heterocycles. The zero-order valence-electron chi connectivity index (χ0n) is 21.8. The molecule has 2 aromatic rings. The molecule has 3 atom stereocenters. The lowest BCUT2D eigenvalue weighted by Gasteiger charge is -2.32. The maximum atomic E-state index is 14.2. The van der Waals surface area contributed by atoms with Gasteiger partial charge in [0.25, 0.3) is 11.8 Å². The van der Waals surface area contributed by atoms with Gasteiger partial charge in [-0.3, -0.25) is 9.59 Å². The topological polar surface area (TPSA) is 107 Å². The van der Waals surface area contributed by atoms with Crippen LogP contribution < -0.4 is 20.5 Å². The number of ether oxygens (including phenoxy) is 2. The number of piperidine rings is 1. The van der Waals surface area contributed by atoms with Gasteiger partial charge in [0, 0.05) is 34.8 Å². The zero-order chi connectivity index (χ0) is 26.7. The summed E-state index contributed by atoms with van der Waals surface area (Å²) in [6, 6.07) is 3.37. The van der Waals surface area contributed by atoms with Gasteiger partial charge in [-0.05, 0) is 58.3 Å². The standard InChI is InChI=1S/C28H35FN4O4/c1-5-19-23(32-27(35)25(19)29)15-37-28-21-13-24(36-4)22(26(30)34)12-20(21)18(14-31-28)7-6-17-8-10-33(11-9-17)16(2)3/h12-14,16-17,19,23,25H,5,8-11,15H2,1-4H3,(H2,30,34)(H,32,35)/t19-,23+,25-/m0/s1. The first-order valence-electron chi connectivity index (χ1n) is 12.9. The molecular formula is C28H35FN4O4. The van der Waals surface area contributed by atoms with Crippen molar-refractivity contribution < 1.29 is 23.5 Å². The van der Waals surface area contributed by atoms with Crippen LogP contribution in [0.1, 0.15) is 56.0 Å². The molecule has 1 aromatic heterocycles. The molecule has 8 nitrogen and oxygen atoms in total. The Hall–Kier alpha value is -3.38. The number of likely N-dealkylation sites (tertiary alicyclic amines) is 1. The lowest BCUT2D eigenvalue weighted by atomic mass is 9.95. The predicted octanol–water partition coefficient (Wildman–Crippen LogP) is 3.06. The van der Waals surface area contributed by atoms with Crippen LogP contribution in [-0.2, 0) is 4.79 Å². The van der Waals surface area contributed by atoms with Crippen LogP contribution >= 0.6 is 0 Å². The number of alkyl halides is 1. The monoisotopic (exact) mass is 510 g/mol. The molecule has 4 rings (SSSR count). The second-order valence-electron chi connectivity index (χ2n) is 10.0. The molecule has 3 heterocycles. The minimum Gasteiger partial charge on any atom is -0.496 e. The second-order valence-corrected chi connectivity index (χ2v) is 10.0. The summed E-state index contributed by atoms with van der Waals surface area (Å²) in [7, 11) is 1.45. The molecule has 2 aliphatic heterocycles. The quantitative estimate of drug-likeness (QED) is 0.555. The number of halogens is 1. The third-order valence-electron chi connectivity index (χ3n) is 7.45. The van der Waals surface area contributed by atoms with Crippen molar-refractivity contribution in [2.75, 3.05) is 26.8 Å². The number of rotatable bonds is 7. The second kappa shape index (κ2) is 11.3. The summed E-state index contributed by atoms with van der Waals surface area (Å²) in [6.45, 7) is 8.35. The van der Waals surface area contributed by atoms with E-state index < -0.39 is 29.9 Å². The van der Waals surface area contributed by atoms with Crippen LogP contribution in [0.2, 0.25) is 0 Å². The molecule has 1 aromatic carbocycles. The minimum atomic E-state index is -1.55. The Bertz CT molecular complexity index is 1230.